The molecule has 2 unspecified atom stereocenters. The highest BCUT2D eigenvalue weighted by Gasteiger charge is 2.33. The van der Waals surface area contributed by atoms with Crippen LogP contribution in [0.3, 0.4) is 0 Å². The van der Waals surface area contributed by atoms with Crippen molar-refractivity contribution < 1.29 is 5.11 Å². The molecule has 1 aliphatic rings. The standard InChI is InChI=1S/C12H19NOS/c1-9(10(2)14)13(12-3-4-12)7-11-5-6-15-8-11/h5-6,8-10,12,14H,3-4,7H2,1-2H3. The highest BCUT2D eigenvalue weighted by molar-refractivity contribution is 7.07. The molecule has 15 heavy (non-hydrogen) atoms. The van der Waals surface area contributed by atoms with Crippen molar-refractivity contribution in [1.82, 2.24) is 4.90 Å². The number of hydrogen-bond donors (Lipinski definition) is 1. The third kappa shape index (κ3) is 2.80. The van der Waals surface area contributed by atoms with E-state index < -0.39 is 0 Å². The van der Waals surface area contributed by atoms with E-state index in [-0.39, 0.29) is 12.1 Å². The van der Waals surface area contributed by atoms with Crippen LogP contribution in [-0.4, -0.2) is 28.2 Å². The van der Waals surface area contributed by atoms with Crippen molar-refractivity contribution in [1.29, 1.82) is 0 Å². The Balaban J connectivity index is 2.00. The smallest absolute Gasteiger partial charge is 0.0664 e. The third-order valence-corrected chi connectivity index (χ3v) is 3.91. The molecule has 84 valence electrons. The van der Waals surface area contributed by atoms with Crippen LogP contribution in [0.4, 0.5) is 0 Å². The first-order valence-corrected chi connectivity index (χ1v) is 6.57. The van der Waals surface area contributed by atoms with Gasteiger partial charge < -0.3 is 5.11 Å². The van der Waals surface area contributed by atoms with Crippen LogP contribution >= 0.6 is 11.3 Å². The summed E-state index contributed by atoms with van der Waals surface area (Å²) in [6.07, 6.45) is 2.34. The summed E-state index contributed by atoms with van der Waals surface area (Å²) < 4.78 is 0. The molecule has 0 spiro atoms. The molecular formula is C12H19NOS. The molecular weight excluding hydrogens is 206 g/mol. The number of nitrogens with zero attached hydrogens (tertiary/aromatic N) is 1. The molecule has 0 saturated heterocycles. The van der Waals surface area contributed by atoms with E-state index in [9.17, 15) is 5.11 Å². The topological polar surface area (TPSA) is 23.5 Å². The summed E-state index contributed by atoms with van der Waals surface area (Å²) in [5.41, 5.74) is 1.37. The number of thiophene rings is 1. The zero-order valence-electron chi connectivity index (χ0n) is 9.39. The van der Waals surface area contributed by atoms with Crippen molar-refractivity contribution in [3.05, 3.63) is 22.4 Å². The molecule has 1 aliphatic carbocycles. The van der Waals surface area contributed by atoms with Crippen molar-refractivity contribution >= 4 is 11.3 Å². The number of aliphatic hydroxyl groups is 1. The minimum Gasteiger partial charge on any atom is -0.392 e. The molecule has 1 fully saturated rings. The highest BCUT2D eigenvalue weighted by atomic mass is 32.1. The number of rotatable bonds is 5. The van der Waals surface area contributed by atoms with Crippen molar-refractivity contribution in [2.75, 3.05) is 0 Å². The van der Waals surface area contributed by atoms with Crippen LogP contribution in [0.5, 0.6) is 0 Å². The predicted molar refractivity (Wildman–Crippen MR) is 64.0 cm³/mol. The number of aliphatic hydroxyl groups excluding tert-OH is 1. The zero-order valence-corrected chi connectivity index (χ0v) is 10.2. The Hall–Kier alpha value is -0.380. The molecule has 0 bridgehead atoms. The molecule has 1 aromatic heterocycles. The van der Waals surface area contributed by atoms with E-state index in [0.29, 0.717) is 6.04 Å². The average Bonchev–Trinajstić information content (AvgIpc) is 2.92. The molecule has 1 saturated carbocycles. The molecule has 0 aliphatic heterocycles. The van der Waals surface area contributed by atoms with Crippen LogP contribution < -0.4 is 0 Å². The molecule has 2 atom stereocenters. The Labute approximate surface area is 95.5 Å². The van der Waals surface area contributed by atoms with Gasteiger partial charge >= 0.3 is 0 Å². The second-order valence-electron chi connectivity index (χ2n) is 4.52. The van der Waals surface area contributed by atoms with Gasteiger partial charge in [0.25, 0.3) is 0 Å². The van der Waals surface area contributed by atoms with Crippen LogP contribution in [0.25, 0.3) is 0 Å². The summed E-state index contributed by atoms with van der Waals surface area (Å²) in [7, 11) is 0. The molecule has 3 heteroatoms. The Morgan fingerprint density at radius 2 is 2.27 bits per heavy atom. The average molecular weight is 225 g/mol. The van der Waals surface area contributed by atoms with Crippen LogP contribution in [0, 0.1) is 0 Å². The largest absolute Gasteiger partial charge is 0.392 e. The van der Waals surface area contributed by atoms with Gasteiger partial charge in [0.15, 0.2) is 0 Å². The first-order valence-electron chi connectivity index (χ1n) is 5.63. The third-order valence-electron chi connectivity index (χ3n) is 3.18. The van der Waals surface area contributed by atoms with Gasteiger partial charge in [-0.25, -0.2) is 0 Å². The van der Waals surface area contributed by atoms with Crippen LogP contribution in [0.1, 0.15) is 32.3 Å². The van der Waals surface area contributed by atoms with E-state index >= 15 is 0 Å². The predicted octanol–water partition coefficient (Wildman–Crippen LogP) is 2.48. The summed E-state index contributed by atoms with van der Waals surface area (Å²) in [5, 5.41) is 14.0. The van der Waals surface area contributed by atoms with Crippen LogP contribution in [0.15, 0.2) is 16.8 Å². The van der Waals surface area contributed by atoms with Gasteiger partial charge in [0, 0.05) is 18.6 Å². The van der Waals surface area contributed by atoms with Gasteiger partial charge in [-0.2, -0.15) is 11.3 Å². The highest BCUT2D eigenvalue weighted by Crippen LogP contribution is 2.31. The van der Waals surface area contributed by atoms with Gasteiger partial charge in [0.2, 0.25) is 0 Å². The normalized spacial score (nSPS) is 20.5. The summed E-state index contributed by atoms with van der Waals surface area (Å²) in [6, 6.07) is 3.14. The molecule has 0 amide bonds. The lowest BCUT2D eigenvalue weighted by atomic mass is 10.1. The Morgan fingerprint density at radius 3 is 2.73 bits per heavy atom. The van der Waals surface area contributed by atoms with E-state index in [0.717, 1.165) is 6.54 Å². The molecule has 1 aromatic rings. The van der Waals surface area contributed by atoms with Crippen molar-refractivity contribution in [2.45, 2.75) is 51.4 Å². The lowest BCUT2D eigenvalue weighted by Gasteiger charge is -2.30. The van der Waals surface area contributed by atoms with Gasteiger partial charge in [-0.15, -0.1) is 0 Å². The first-order chi connectivity index (χ1) is 7.18. The molecule has 2 nitrogen and oxygen atoms in total. The van der Waals surface area contributed by atoms with E-state index in [1.165, 1.54) is 18.4 Å². The SMILES string of the molecule is CC(O)C(C)N(Cc1ccsc1)C1CC1. The van der Waals surface area contributed by atoms with Crippen molar-refractivity contribution in [2.24, 2.45) is 0 Å². The fraction of sp³-hybridized carbons (Fsp3) is 0.667. The monoisotopic (exact) mass is 225 g/mol. The second kappa shape index (κ2) is 4.64. The fourth-order valence-corrected chi connectivity index (χ4v) is 2.54. The summed E-state index contributed by atoms with van der Waals surface area (Å²) in [5.74, 6) is 0. The van der Waals surface area contributed by atoms with Gasteiger partial charge in [-0.1, -0.05) is 0 Å². The van der Waals surface area contributed by atoms with Gasteiger partial charge in [-0.3, -0.25) is 4.90 Å². The van der Waals surface area contributed by atoms with Crippen LogP contribution in [-0.2, 0) is 6.54 Å². The summed E-state index contributed by atoms with van der Waals surface area (Å²) >= 11 is 1.74. The van der Waals surface area contributed by atoms with Crippen molar-refractivity contribution in [3.63, 3.8) is 0 Å². The van der Waals surface area contributed by atoms with Gasteiger partial charge in [-0.05, 0) is 49.1 Å². The molecule has 1 heterocycles. The van der Waals surface area contributed by atoms with E-state index in [2.05, 4.69) is 28.7 Å². The first kappa shape index (κ1) is 11.1. The van der Waals surface area contributed by atoms with E-state index in [1.807, 2.05) is 6.92 Å². The second-order valence-corrected chi connectivity index (χ2v) is 5.30. The number of hydrogen-bond acceptors (Lipinski definition) is 3. The Kier molecular flexibility index (Phi) is 3.44. The Bertz CT molecular complexity index is 293. The van der Waals surface area contributed by atoms with E-state index in [1.54, 1.807) is 11.3 Å². The lowest BCUT2D eigenvalue weighted by Crippen LogP contribution is -2.41. The van der Waals surface area contributed by atoms with E-state index in [4.69, 9.17) is 0 Å². The Morgan fingerprint density at radius 1 is 1.53 bits per heavy atom. The fourth-order valence-electron chi connectivity index (χ4n) is 1.88. The van der Waals surface area contributed by atoms with Crippen LogP contribution in [0.2, 0.25) is 0 Å². The molecule has 2 rings (SSSR count). The quantitative estimate of drug-likeness (QED) is 0.832. The zero-order chi connectivity index (χ0) is 10.8. The maximum Gasteiger partial charge on any atom is 0.0664 e. The maximum absolute atomic E-state index is 9.66. The van der Waals surface area contributed by atoms with Crippen molar-refractivity contribution in [3.8, 4) is 0 Å². The van der Waals surface area contributed by atoms with Gasteiger partial charge in [0.1, 0.15) is 0 Å². The summed E-state index contributed by atoms with van der Waals surface area (Å²) in [6.45, 7) is 4.99. The minimum absolute atomic E-state index is 0.246. The maximum atomic E-state index is 9.66. The molecule has 0 radical (unpaired) electrons. The van der Waals surface area contributed by atoms with Gasteiger partial charge in [0.05, 0.1) is 6.10 Å². The molecule has 0 aromatic carbocycles. The minimum atomic E-state index is -0.246. The summed E-state index contributed by atoms with van der Waals surface area (Å²) in [4.78, 5) is 2.44. The molecule has 1 N–H and O–H groups in total. The lowest BCUT2D eigenvalue weighted by molar-refractivity contribution is 0.0607.